The van der Waals surface area contributed by atoms with Gasteiger partial charge in [0.1, 0.15) is 0 Å². The molecule has 1 aliphatic carbocycles. The number of rotatable bonds is 0. The van der Waals surface area contributed by atoms with Gasteiger partial charge in [0.15, 0.2) is 5.65 Å². The van der Waals surface area contributed by atoms with Crippen molar-refractivity contribution >= 4 is 5.65 Å². The highest BCUT2D eigenvalue weighted by molar-refractivity contribution is 5.41. The molecule has 2 heterocycles. The van der Waals surface area contributed by atoms with Crippen LogP contribution in [0.2, 0.25) is 0 Å². The second kappa shape index (κ2) is 3.56. The topological polar surface area (TPSA) is 30.2 Å². The van der Waals surface area contributed by atoms with Crippen LogP contribution in [0.1, 0.15) is 38.6 Å². The van der Waals surface area contributed by atoms with Gasteiger partial charge in [-0.2, -0.15) is 0 Å². The van der Waals surface area contributed by atoms with Crippen LogP contribution in [0.25, 0.3) is 5.65 Å². The van der Waals surface area contributed by atoms with Crippen molar-refractivity contribution in [2.45, 2.75) is 40.0 Å². The highest BCUT2D eigenvalue weighted by Crippen LogP contribution is 2.37. The molecule has 0 N–H and O–H groups in total. The summed E-state index contributed by atoms with van der Waals surface area (Å²) in [7, 11) is 0. The Morgan fingerprint density at radius 2 is 2.18 bits per heavy atom. The Kier molecular flexibility index (Phi) is 2.25. The van der Waals surface area contributed by atoms with Crippen molar-refractivity contribution in [2.24, 2.45) is 11.3 Å². The van der Waals surface area contributed by atoms with E-state index in [2.05, 4.69) is 35.1 Å². The molecule has 90 valence electrons. The standard InChI is InChI=1S/C14H19N3/c1-14(2,3)10-4-5-11-12(8-10)17-7-6-15-9-13(17)16-11/h6-7,9-10H,4-5,8H2,1-3H3. The van der Waals surface area contributed by atoms with Crippen molar-refractivity contribution in [1.29, 1.82) is 0 Å². The number of nitrogens with zero attached hydrogens (tertiary/aromatic N) is 3. The SMILES string of the molecule is CC(C)(C)C1CCc2nc3cnccn3c2C1. The van der Waals surface area contributed by atoms with Crippen molar-refractivity contribution in [3.8, 4) is 0 Å². The maximum Gasteiger partial charge on any atom is 0.155 e. The lowest BCUT2D eigenvalue weighted by molar-refractivity contribution is 0.213. The van der Waals surface area contributed by atoms with Crippen LogP contribution in [0.3, 0.4) is 0 Å². The van der Waals surface area contributed by atoms with Gasteiger partial charge in [-0.3, -0.25) is 4.98 Å². The van der Waals surface area contributed by atoms with Crippen LogP contribution in [0, 0.1) is 11.3 Å². The molecule has 0 spiro atoms. The van der Waals surface area contributed by atoms with Gasteiger partial charge in [-0.1, -0.05) is 20.8 Å². The number of fused-ring (bicyclic) bond motifs is 3. The van der Waals surface area contributed by atoms with Gasteiger partial charge in [0.2, 0.25) is 0 Å². The maximum absolute atomic E-state index is 4.67. The van der Waals surface area contributed by atoms with Crippen molar-refractivity contribution in [3.05, 3.63) is 30.0 Å². The van der Waals surface area contributed by atoms with E-state index in [1.54, 1.807) is 0 Å². The van der Waals surface area contributed by atoms with Crippen LogP contribution in [0.5, 0.6) is 0 Å². The molecule has 3 rings (SSSR count). The van der Waals surface area contributed by atoms with Gasteiger partial charge in [-0.15, -0.1) is 0 Å². The summed E-state index contributed by atoms with van der Waals surface area (Å²) < 4.78 is 2.21. The molecular formula is C14H19N3. The first kappa shape index (κ1) is 10.8. The molecule has 0 fully saturated rings. The van der Waals surface area contributed by atoms with Gasteiger partial charge in [-0.05, 0) is 30.6 Å². The highest BCUT2D eigenvalue weighted by Gasteiger charge is 2.30. The molecule has 0 aromatic carbocycles. The van der Waals surface area contributed by atoms with Crippen LogP contribution in [0.15, 0.2) is 18.6 Å². The first-order valence-corrected chi connectivity index (χ1v) is 6.35. The molecule has 2 aromatic rings. The fourth-order valence-corrected chi connectivity index (χ4v) is 2.81. The van der Waals surface area contributed by atoms with E-state index in [0.29, 0.717) is 5.41 Å². The third-order valence-electron chi connectivity index (χ3n) is 4.01. The second-order valence-electron chi connectivity index (χ2n) is 6.12. The van der Waals surface area contributed by atoms with Crippen LogP contribution >= 0.6 is 0 Å². The molecule has 0 radical (unpaired) electrons. The molecule has 3 heteroatoms. The summed E-state index contributed by atoms with van der Waals surface area (Å²) in [6.45, 7) is 7.02. The van der Waals surface area contributed by atoms with Crippen LogP contribution in [-0.4, -0.2) is 14.4 Å². The minimum absolute atomic E-state index is 0.384. The van der Waals surface area contributed by atoms with E-state index < -0.39 is 0 Å². The molecule has 0 saturated heterocycles. The van der Waals surface area contributed by atoms with E-state index in [1.807, 2.05) is 18.6 Å². The first-order valence-electron chi connectivity index (χ1n) is 6.35. The van der Waals surface area contributed by atoms with Crippen molar-refractivity contribution in [1.82, 2.24) is 14.4 Å². The Balaban J connectivity index is 2.06. The fourth-order valence-electron chi connectivity index (χ4n) is 2.81. The summed E-state index contributed by atoms with van der Waals surface area (Å²) in [5, 5.41) is 0. The summed E-state index contributed by atoms with van der Waals surface area (Å²) >= 11 is 0. The largest absolute Gasteiger partial charge is 0.301 e. The molecule has 3 nitrogen and oxygen atoms in total. The van der Waals surface area contributed by atoms with Gasteiger partial charge in [0.05, 0.1) is 11.9 Å². The molecule has 0 amide bonds. The summed E-state index contributed by atoms with van der Waals surface area (Å²) in [5.41, 5.74) is 4.05. The molecule has 0 bridgehead atoms. The number of aromatic nitrogens is 3. The van der Waals surface area contributed by atoms with Crippen molar-refractivity contribution in [2.75, 3.05) is 0 Å². The fraction of sp³-hybridized carbons (Fsp3) is 0.571. The van der Waals surface area contributed by atoms with Crippen LogP contribution in [0.4, 0.5) is 0 Å². The van der Waals surface area contributed by atoms with Crippen molar-refractivity contribution < 1.29 is 0 Å². The molecule has 2 aromatic heterocycles. The molecular weight excluding hydrogens is 210 g/mol. The zero-order valence-corrected chi connectivity index (χ0v) is 10.8. The van der Waals surface area contributed by atoms with E-state index in [1.165, 1.54) is 17.8 Å². The molecule has 1 atom stereocenters. The summed E-state index contributed by atoms with van der Waals surface area (Å²) in [6, 6.07) is 0. The van der Waals surface area contributed by atoms with Crippen LogP contribution < -0.4 is 0 Å². The normalized spacial score (nSPS) is 20.5. The van der Waals surface area contributed by atoms with E-state index in [9.17, 15) is 0 Å². The second-order valence-corrected chi connectivity index (χ2v) is 6.12. The van der Waals surface area contributed by atoms with E-state index in [-0.39, 0.29) is 0 Å². The third kappa shape index (κ3) is 1.74. The molecule has 1 aliphatic rings. The van der Waals surface area contributed by atoms with E-state index in [4.69, 9.17) is 0 Å². The lowest BCUT2D eigenvalue weighted by Gasteiger charge is -2.33. The number of hydrogen-bond acceptors (Lipinski definition) is 2. The lowest BCUT2D eigenvalue weighted by Crippen LogP contribution is -2.27. The summed E-state index contributed by atoms with van der Waals surface area (Å²) in [4.78, 5) is 8.81. The molecule has 1 unspecified atom stereocenters. The minimum atomic E-state index is 0.384. The molecule has 0 saturated carbocycles. The zero-order valence-electron chi connectivity index (χ0n) is 10.8. The first-order chi connectivity index (χ1) is 8.05. The Hall–Kier alpha value is -1.38. The smallest absolute Gasteiger partial charge is 0.155 e. The van der Waals surface area contributed by atoms with Gasteiger partial charge >= 0.3 is 0 Å². The van der Waals surface area contributed by atoms with Gasteiger partial charge in [0, 0.05) is 18.1 Å². The van der Waals surface area contributed by atoms with E-state index in [0.717, 1.165) is 24.4 Å². The zero-order chi connectivity index (χ0) is 12.0. The predicted molar refractivity (Wildman–Crippen MR) is 68.0 cm³/mol. The highest BCUT2D eigenvalue weighted by atomic mass is 15.0. The number of aryl methyl sites for hydroxylation is 1. The van der Waals surface area contributed by atoms with Crippen molar-refractivity contribution in [3.63, 3.8) is 0 Å². The Labute approximate surface area is 102 Å². The predicted octanol–water partition coefficient (Wildman–Crippen LogP) is 2.88. The average molecular weight is 229 g/mol. The summed E-state index contributed by atoms with van der Waals surface area (Å²) in [6.07, 6.45) is 9.24. The number of imidazole rings is 1. The third-order valence-corrected chi connectivity index (χ3v) is 4.01. The number of hydrogen-bond donors (Lipinski definition) is 0. The maximum atomic E-state index is 4.67. The summed E-state index contributed by atoms with van der Waals surface area (Å²) in [5.74, 6) is 0.753. The molecule has 17 heavy (non-hydrogen) atoms. The van der Waals surface area contributed by atoms with Gasteiger partial charge in [0.25, 0.3) is 0 Å². The Bertz CT molecular complexity index is 548. The van der Waals surface area contributed by atoms with Gasteiger partial charge < -0.3 is 4.40 Å². The lowest BCUT2D eigenvalue weighted by atomic mass is 9.73. The monoisotopic (exact) mass is 229 g/mol. The van der Waals surface area contributed by atoms with Gasteiger partial charge in [-0.25, -0.2) is 4.98 Å². The minimum Gasteiger partial charge on any atom is -0.301 e. The van der Waals surface area contributed by atoms with E-state index >= 15 is 0 Å². The van der Waals surface area contributed by atoms with Crippen LogP contribution in [-0.2, 0) is 12.8 Å². The Morgan fingerprint density at radius 3 is 2.94 bits per heavy atom. The Morgan fingerprint density at radius 1 is 1.35 bits per heavy atom. The quantitative estimate of drug-likeness (QED) is 0.695. The average Bonchev–Trinajstić information content (AvgIpc) is 2.65. The molecule has 0 aliphatic heterocycles.